The summed E-state index contributed by atoms with van der Waals surface area (Å²) in [5.74, 6) is -1.09. The number of hydrogen-bond donors (Lipinski definition) is 2. The van der Waals surface area contributed by atoms with E-state index < -0.39 is 30.1 Å². The first-order valence-electron chi connectivity index (χ1n) is 9.56. The highest BCUT2D eigenvalue weighted by atomic mass is 16.5. The van der Waals surface area contributed by atoms with Crippen molar-refractivity contribution >= 4 is 24.0 Å². The van der Waals surface area contributed by atoms with Crippen LogP contribution in [-0.2, 0) is 25.7 Å². The van der Waals surface area contributed by atoms with Crippen molar-refractivity contribution < 1.29 is 23.9 Å². The molecule has 0 aliphatic rings. The molecule has 0 fully saturated rings. The van der Waals surface area contributed by atoms with Crippen LogP contribution >= 0.6 is 0 Å². The molecule has 2 aromatic rings. The summed E-state index contributed by atoms with van der Waals surface area (Å²) in [5, 5.41) is 5.05. The van der Waals surface area contributed by atoms with Gasteiger partial charge >= 0.3 is 12.1 Å². The molecule has 2 atom stereocenters. The lowest BCUT2D eigenvalue weighted by Gasteiger charge is -2.19. The zero-order valence-corrected chi connectivity index (χ0v) is 17.0. The second kappa shape index (κ2) is 12.1. The summed E-state index contributed by atoms with van der Waals surface area (Å²) in [6.45, 7) is 1.60. The predicted molar refractivity (Wildman–Crippen MR) is 113 cm³/mol. The fourth-order valence-corrected chi connectivity index (χ4v) is 2.56. The maximum Gasteiger partial charge on any atom is 0.408 e. The maximum atomic E-state index is 12.4. The van der Waals surface area contributed by atoms with Crippen LogP contribution in [0.1, 0.15) is 24.5 Å². The van der Waals surface area contributed by atoms with Gasteiger partial charge in [-0.1, -0.05) is 72.8 Å². The van der Waals surface area contributed by atoms with Gasteiger partial charge in [0.25, 0.3) is 0 Å². The molecule has 7 nitrogen and oxygen atoms in total. The van der Waals surface area contributed by atoms with E-state index in [9.17, 15) is 14.4 Å². The summed E-state index contributed by atoms with van der Waals surface area (Å²) >= 11 is 0. The molecule has 2 amide bonds. The second-order valence-corrected chi connectivity index (χ2v) is 6.56. The minimum absolute atomic E-state index is 0.0933. The van der Waals surface area contributed by atoms with Crippen LogP contribution in [-0.4, -0.2) is 37.2 Å². The lowest BCUT2D eigenvalue weighted by atomic mass is 10.1. The van der Waals surface area contributed by atoms with Crippen LogP contribution in [0.2, 0.25) is 0 Å². The van der Waals surface area contributed by atoms with Gasteiger partial charge in [0.1, 0.15) is 18.7 Å². The molecule has 7 heteroatoms. The van der Waals surface area contributed by atoms with Crippen molar-refractivity contribution in [1.29, 1.82) is 0 Å². The zero-order chi connectivity index (χ0) is 21.8. The number of alkyl carbamates (subject to hydrolysis) is 1. The van der Waals surface area contributed by atoms with Crippen molar-refractivity contribution in [2.24, 2.45) is 0 Å². The number of methoxy groups -OCH3 is 1. The van der Waals surface area contributed by atoms with E-state index in [-0.39, 0.29) is 13.0 Å². The Labute approximate surface area is 176 Å². The van der Waals surface area contributed by atoms with Gasteiger partial charge in [0.05, 0.1) is 7.11 Å². The van der Waals surface area contributed by atoms with Gasteiger partial charge < -0.3 is 20.1 Å². The van der Waals surface area contributed by atoms with E-state index in [1.807, 2.05) is 66.7 Å². The molecule has 0 unspecified atom stereocenters. The van der Waals surface area contributed by atoms with Crippen LogP contribution in [0.3, 0.4) is 0 Å². The van der Waals surface area contributed by atoms with Gasteiger partial charge in [-0.15, -0.1) is 0 Å². The quantitative estimate of drug-likeness (QED) is 0.620. The Bertz CT molecular complexity index is 852. The van der Waals surface area contributed by atoms with Crippen LogP contribution in [0.15, 0.2) is 66.7 Å². The number of benzene rings is 2. The standard InChI is InChI=1S/C23H26N2O5/c1-17(24-23(28)30-16-19-12-7-4-8-13-19)21(26)25-20(22(27)29-2)15-9-14-18-10-5-3-6-11-18/h3-14,17,20H,15-16H2,1-2H3,(H,24,28)(H,25,26)/b14-9+/t17-,20-/m0/s1. The number of carbonyl (C=O) groups is 3. The number of esters is 1. The Morgan fingerprint density at radius 2 is 1.60 bits per heavy atom. The normalized spacial score (nSPS) is 12.6. The largest absolute Gasteiger partial charge is 0.467 e. The fraction of sp³-hybridized carbons (Fsp3) is 0.261. The molecule has 0 aliphatic carbocycles. The van der Waals surface area contributed by atoms with Gasteiger partial charge in [-0.2, -0.15) is 0 Å². The second-order valence-electron chi connectivity index (χ2n) is 6.56. The number of rotatable bonds is 9. The number of amides is 2. The highest BCUT2D eigenvalue weighted by Gasteiger charge is 2.24. The number of hydrogen-bond acceptors (Lipinski definition) is 5. The van der Waals surface area contributed by atoms with Crippen LogP contribution in [0.25, 0.3) is 6.08 Å². The van der Waals surface area contributed by atoms with Gasteiger partial charge in [0, 0.05) is 0 Å². The predicted octanol–water partition coefficient (Wildman–Crippen LogP) is 3.06. The lowest BCUT2D eigenvalue weighted by Crippen LogP contribution is -2.50. The van der Waals surface area contributed by atoms with Crippen LogP contribution in [0.4, 0.5) is 4.79 Å². The first kappa shape index (κ1) is 22.7. The first-order valence-corrected chi connectivity index (χ1v) is 9.56. The molecular formula is C23H26N2O5. The third kappa shape index (κ3) is 7.79. The third-order valence-electron chi connectivity index (χ3n) is 4.22. The van der Waals surface area contributed by atoms with Crippen molar-refractivity contribution in [3.63, 3.8) is 0 Å². The minimum atomic E-state index is -0.890. The Hall–Kier alpha value is -3.61. The molecule has 30 heavy (non-hydrogen) atoms. The number of nitrogens with one attached hydrogen (secondary N) is 2. The van der Waals surface area contributed by atoms with Gasteiger partial charge in [-0.3, -0.25) is 4.79 Å². The SMILES string of the molecule is COC(=O)[C@H](C/C=C/c1ccccc1)NC(=O)[C@H](C)NC(=O)OCc1ccccc1. The molecule has 158 valence electrons. The average Bonchev–Trinajstić information content (AvgIpc) is 2.77. The summed E-state index contributed by atoms with van der Waals surface area (Å²) in [6.07, 6.45) is 3.16. The Morgan fingerprint density at radius 3 is 2.23 bits per heavy atom. The van der Waals surface area contributed by atoms with E-state index >= 15 is 0 Å². The van der Waals surface area contributed by atoms with Crippen LogP contribution in [0, 0.1) is 0 Å². The molecular weight excluding hydrogens is 384 g/mol. The fourth-order valence-electron chi connectivity index (χ4n) is 2.56. The van der Waals surface area contributed by atoms with Crippen LogP contribution < -0.4 is 10.6 Å². The molecule has 0 spiro atoms. The molecule has 2 rings (SSSR count). The third-order valence-corrected chi connectivity index (χ3v) is 4.22. The molecule has 2 N–H and O–H groups in total. The molecule has 0 heterocycles. The van der Waals surface area contributed by atoms with E-state index in [0.29, 0.717) is 0 Å². The molecule has 2 aromatic carbocycles. The summed E-state index contributed by atoms with van der Waals surface area (Å²) in [5.41, 5.74) is 1.81. The highest BCUT2D eigenvalue weighted by Crippen LogP contribution is 2.05. The van der Waals surface area contributed by atoms with E-state index in [0.717, 1.165) is 11.1 Å². The van der Waals surface area contributed by atoms with E-state index in [1.165, 1.54) is 14.0 Å². The molecule has 0 saturated carbocycles. The Kier molecular flexibility index (Phi) is 9.12. The molecule has 0 saturated heterocycles. The summed E-state index contributed by atoms with van der Waals surface area (Å²) in [7, 11) is 1.25. The van der Waals surface area contributed by atoms with Crippen molar-refractivity contribution in [3.05, 3.63) is 77.9 Å². The van der Waals surface area contributed by atoms with Gasteiger partial charge in [-0.25, -0.2) is 9.59 Å². The van der Waals surface area contributed by atoms with Crippen molar-refractivity contribution in [2.75, 3.05) is 7.11 Å². The average molecular weight is 410 g/mol. The summed E-state index contributed by atoms with van der Waals surface area (Å²) in [6, 6.07) is 17.0. The minimum Gasteiger partial charge on any atom is -0.467 e. The lowest BCUT2D eigenvalue weighted by molar-refractivity contribution is -0.145. The van der Waals surface area contributed by atoms with E-state index in [1.54, 1.807) is 6.08 Å². The summed E-state index contributed by atoms with van der Waals surface area (Å²) in [4.78, 5) is 36.3. The zero-order valence-electron chi connectivity index (χ0n) is 17.0. The topological polar surface area (TPSA) is 93.7 Å². The summed E-state index contributed by atoms with van der Waals surface area (Å²) < 4.78 is 9.87. The van der Waals surface area contributed by atoms with Crippen molar-refractivity contribution in [3.8, 4) is 0 Å². The smallest absolute Gasteiger partial charge is 0.408 e. The van der Waals surface area contributed by atoms with Gasteiger partial charge in [0.2, 0.25) is 5.91 Å². The van der Waals surface area contributed by atoms with Crippen molar-refractivity contribution in [1.82, 2.24) is 10.6 Å². The highest BCUT2D eigenvalue weighted by molar-refractivity contribution is 5.89. The monoisotopic (exact) mass is 410 g/mol. The molecule has 0 radical (unpaired) electrons. The maximum absolute atomic E-state index is 12.4. The number of ether oxygens (including phenoxy) is 2. The van der Waals surface area contributed by atoms with Gasteiger partial charge in [0.15, 0.2) is 0 Å². The van der Waals surface area contributed by atoms with Crippen molar-refractivity contribution in [2.45, 2.75) is 32.0 Å². The van der Waals surface area contributed by atoms with Gasteiger partial charge in [-0.05, 0) is 24.5 Å². The molecule has 0 aliphatic heterocycles. The first-order chi connectivity index (χ1) is 14.5. The van der Waals surface area contributed by atoms with E-state index in [2.05, 4.69) is 10.6 Å². The Balaban J connectivity index is 1.84. The number of carbonyl (C=O) groups excluding carboxylic acids is 3. The molecule has 0 aromatic heterocycles. The van der Waals surface area contributed by atoms with Crippen LogP contribution in [0.5, 0.6) is 0 Å². The molecule has 0 bridgehead atoms. The van der Waals surface area contributed by atoms with E-state index in [4.69, 9.17) is 9.47 Å². The Morgan fingerprint density at radius 1 is 0.967 bits per heavy atom.